The monoisotopic (exact) mass is 128 g/mol. The molecule has 9 heavy (non-hydrogen) atoms. The Hall–Kier alpha value is -0.370. The molecular formula is C7H16N2. The fourth-order valence-electron chi connectivity index (χ4n) is 0.558. The molecule has 2 heteroatoms. The first-order valence-corrected chi connectivity index (χ1v) is 3.39. The molecule has 0 aromatic heterocycles. The lowest BCUT2D eigenvalue weighted by Gasteiger charge is -1.94. The van der Waals surface area contributed by atoms with Crippen molar-refractivity contribution >= 4 is 5.71 Å². The van der Waals surface area contributed by atoms with Gasteiger partial charge >= 0.3 is 0 Å². The first-order valence-electron chi connectivity index (χ1n) is 3.39. The fraction of sp³-hybridized carbons (Fsp3) is 0.857. The van der Waals surface area contributed by atoms with E-state index in [1.807, 2.05) is 20.9 Å². The molecule has 0 amide bonds. The van der Waals surface area contributed by atoms with Crippen LogP contribution in [0, 0.1) is 0 Å². The fourth-order valence-corrected chi connectivity index (χ4v) is 0.558. The number of hydrogen-bond donors (Lipinski definition) is 1. The van der Waals surface area contributed by atoms with Crippen molar-refractivity contribution in [2.75, 3.05) is 20.1 Å². The predicted molar refractivity (Wildman–Crippen MR) is 42.2 cm³/mol. The maximum Gasteiger partial charge on any atom is 0.0400 e. The van der Waals surface area contributed by atoms with Gasteiger partial charge in [-0.05, 0) is 33.9 Å². The summed E-state index contributed by atoms with van der Waals surface area (Å²) in [4.78, 5) is 4.24. The molecule has 1 N–H and O–H groups in total. The topological polar surface area (TPSA) is 24.4 Å². The number of nitrogens with one attached hydrogen (secondary N) is 1. The summed E-state index contributed by atoms with van der Waals surface area (Å²) in [6.45, 7) is 6.08. The van der Waals surface area contributed by atoms with Crippen LogP contribution in [0.4, 0.5) is 0 Å². The van der Waals surface area contributed by atoms with Crippen LogP contribution >= 0.6 is 0 Å². The van der Waals surface area contributed by atoms with Crippen molar-refractivity contribution in [2.45, 2.75) is 20.3 Å². The van der Waals surface area contributed by atoms with Crippen molar-refractivity contribution in [1.29, 1.82) is 0 Å². The van der Waals surface area contributed by atoms with E-state index in [4.69, 9.17) is 0 Å². The molecule has 0 atom stereocenters. The summed E-state index contributed by atoms with van der Waals surface area (Å²) in [6.07, 6.45) is 1.14. The summed E-state index contributed by atoms with van der Waals surface area (Å²) >= 11 is 0. The van der Waals surface area contributed by atoms with Crippen LogP contribution in [-0.2, 0) is 0 Å². The Morgan fingerprint density at radius 1 is 1.44 bits per heavy atom. The quantitative estimate of drug-likeness (QED) is 0.444. The van der Waals surface area contributed by atoms with Crippen molar-refractivity contribution < 1.29 is 0 Å². The highest BCUT2D eigenvalue weighted by Gasteiger charge is 1.81. The number of hydrogen-bond acceptors (Lipinski definition) is 2. The third kappa shape index (κ3) is 7.63. The van der Waals surface area contributed by atoms with Crippen molar-refractivity contribution in [3.8, 4) is 0 Å². The largest absolute Gasteiger partial charge is 0.320 e. The van der Waals surface area contributed by atoms with Gasteiger partial charge in [-0.25, -0.2) is 0 Å². The van der Waals surface area contributed by atoms with Gasteiger partial charge in [-0.3, -0.25) is 4.99 Å². The van der Waals surface area contributed by atoms with Gasteiger partial charge in [0.1, 0.15) is 0 Å². The van der Waals surface area contributed by atoms with Crippen LogP contribution in [0.25, 0.3) is 0 Å². The van der Waals surface area contributed by atoms with Gasteiger partial charge in [0.05, 0.1) is 0 Å². The second-order valence-electron chi connectivity index (χ2n) is 2.29. The van der Waals surface area contributed by atoms with E-state index in [0.717, 1.165) is 19.5 Å². The standard InChI is InChI=1S/C7H16N2/c1-7(2)9-6-4-5-8-3/h8H,4-6H2,1-3H3. The van der Waals surface area contributed by atoms with E-state index in [-0.39, 0.29) is 0 Å². The molecule has 54 valence electrons. The van der Waals surface area contributed by atoms with E-state index >= 15 is 0 Å². The summed E-state index contributed by atoms with van der Waals surface area (Å²) in [5.41, 5.74) is 1.17. The van der Waals surface area contributed by atoms with E-state index in [1.54, 1.807) is 0 Å². The summed E-state index contributed by atoms with van der Waals surface area (Å²) in [5, 5.41) is 3.07. The normalized spacial score (nSPS) is 9.22. The van der Waals surface area contributed by atoms with Gasteiger partial charge in [-0.1, -0.05) is 0 Å². The molecule has 0 fully saturated rings. The smallest absolute Gasteiger partial charge is 0.0400 e. The van der Waals surface area contributed by atoms with Gasteiger partial charge in [-0.2, -0.15) is 0 Å². The van der Waals surface area contributed by atoms with Crippen molar-refractivity contribution in [3.05, 3.63) is 0 Å². The zero-order valence-corrected chi connectivity index (χ0v) is 6.57. The Bertz CT molecular complexity index is 82.9. The average Bonchev–Trinajstić information content (AvgIpc) is 1.80. The third-order valence-corrected chi connectivity index (χ3v) is 1.01. The minimum Gasteiger partial charge on any atom is -0.320 e. The minimum atomic E-state index is 0.961. The molecule has 0 radical (unpaired) electrons. The van der Waals surface area contributed by atoms with Gasteiger partial charge in [0.2, 0.25) is 0 Å². The second kappa shape index (κ2) is 5.76. The van der Waals surface area contributed by atoms with Crippen molar-refractivity contribution in [3.63, 3.8) is 0 Å². The van der Waals surface area contributed by atoms with Crippen LogP contribution in [0.15, 0.2) is 4.99 Å². The van der Waals surface area contributed by atoms with Crippen molar-refractivity contribution in [1.82, 2.24) is 5.32 Å². The molecule has 0 bridgehead atoms. The lowest BCUT2D eigenvalue weighted by atomic mass is 10.4. The first-order chi connectivity index (χ1) is 4.27. The molecule has 0 heterocycles. The summed E-state index contributed by atoms with van der Waals surface area (Å²) < 4.78 is 0. The molecule has 0 spiro atoms. The summed E-state index contributed by atoms with van der Waals surface area (Å²) in [7, 11) is 1.96. The Kier molecular flexibility index (Phi) is 5.52. The third-order valence-electron chi connectivity index (χ3n) is 1.01. The van der Waals surface area contributed by atoms with E-state index < -0.39 is 0 Å². The minimum absolute atomic E-state index is 0.961. The predicted octanol–water partition coefficient (Wildman–Crippen LogP) is 1.08. The molecule has 0 saturated carbocycles. The van der Waals surface area contributed by atoms with Crippen LogP contribution < -0.4 is 5.32 Å². The number of nitrogens with zero attached hydrogens (tertiary/aromatic N) is 1. The molecule has 0 aliphatic rings. The van der Waals surface area contributed by atoms with Crippen LogP contribution in [0.3, 0.4) is 0 Å². The highest BCUT2D eigenvalue weighted by Crippen LogP contribution is 1.80. The lowest BCUT2D eigenvalue weighted by molar-refractivity contribution is 0.734. The molecule has 2 nitrogen and oxygen atoms in total. The van der Waals surface area contributed by atoms with E-state index in [0.29, 0.717) is 0 Å². The first kappa shape index (κ1) is 8.63. The SMILES string of the molecule is CNCCCN=C(C)C. The second-order valence-corrected chi connectivity index (χ2v) is 2.29. The Balaban J connectivity index is 3.00. The Labute approximate surface area is 57.4 Å². The maximum atomic E-state index is 4.24. The van der Waals surface area contributed by atoms with Gasteiger partial charge in [0.25, 0.3) is 0 Å². The summed E-state index contributed by atoms with van der Waals surface area (Å²) in [6, 6.07) is 0. The van der Waals surface area contributed by atoms with Gasteiger partial charge in [0.15, 0.2) is 0 Å². The molecule has 0 rings (SSSR count). The molecule has 0 aromatic carbocycles. The number of rotatable bonds is 4. The van der Waals surface area contributed by atoms with Gasteiger partial charge < -0.3 is 5.32 Å². The molecular weight excluding hydrogens is 112 g/mol. The molecule has 0 aliphatic carbocycles. The van der Waals surface area contributed by atoms with Crippen LogP contribution in [0.2, 0.25) is 0 Å². The average molecular weight is 128 g/mol. The van der Waals surface area contributed by atoms with Crippen LogP contribution in [-0.4, -0.2) is 25.8 Å². The summed E-state index contributed by atoms with van der Waals surface area (Å²) in [5.74, 6) is 0. The maximum absolute atomic E-state index is 4.24. The van der Waals surface area contributed by atoms with Gasteiger partial charge in [0, 0.05) is 12.3 Å². The zero-order chi connectivity index (χ0) is 7.11. The van der Waals surface area contributed by atoms with E-state index in [2.05, 4.69) is 10.3 Å². The van der Waals surface area contributed by atoms with Crippen LogP contribution in [0.1, 0.15) is 20.3 Å². The Morgan fingerprint density at radius 3 is 2.56 bits per heavy atom. The van der Waals surface area contributed by atoms with Gasteiger partial charge in [-0.15, -0.1) is 0 Å². The Morgan fingerprint density at radius 2 is 2.11 bits per heavy atom. The highest BCUT2D eigenvalue weighted by atomic mass is 14.8. The van der Waals surface area contributed by atoms with E-state index in [1.165, 1.54) is 5.71 Å². The molecule has 0 saturated heterocycles. The zero-order valence-electron chi connectivity index (χ0n) is 6.57. The van der Waals surface area contributed by atoms with E-state index in [9.17, 15) is 0 Å². The molecule has 0 aromatic rings. The molecule has 0 aliphatic heterocycles. The number of aliphatic imine (C=N–C) groups is 1. The molecule has 0 unspecified atom stereocenters. The lowest BCUT2D eigenvalue weighted by Crippen LogP contribution is -2.08. The highest BCUT2D eigenvalue weighted by molar-refractivity contribution is 5.78. The van der Waals surface area contributed by atoms with Crippen LogP contribution in [0.5, 0.6) is 0 Å². The van der Waals surface area contributed by atoms with Crippen molar-refractivity contribution in [2.24, 2.45) is 4.99 Å².